The van der Waals surface area contributed by atoms with Crippen molar-refractivity contribution in [3.8, 4) is 12.1 Å². The fourth-order valence-electron chi connectivity index (χ4n) is 8.03. The summed E-state index contributed by atoms with van der Waals surface area (Å²) in [6, 6.07) is 8.58. The van der Waals surface area contributed by atoms with Crippen LogP contribution in [0.25, 0.3) is 0 Å². The van der Waals surface area contributed by atoms with Crippen LogP contribution in [-0.4, -0.2) is 42.6 Å². The Balaban J connectivity index is 0.000000147. The van der Waals surface area contributed by atoms with Gasteiger partial charge in [-0.3, -0.25) is 9.36 Å². The molecular weight excluding hydrogens is 755 g/mol. The van der Waals surface area contributed by atoms with Crippen LogP contribution in [0.3, 0.4) is 0 Å². The molecule has 0 saturated heterocycles. The third-order valence-electron chi connectivity index (χ3n) is 10.1. The summed E-state index contributed by atoms with van der Waals surface area (Å²) in [5.41, 5.74) is 5.24. The van der Waals surface area contributed by atoms with E-state index < -0.39 is 0 Å². The van der Waals surface area contributed by atoms with E-state index in [9.17, 15) is 5.26 Å². The van der Waals surface area contributed by atoms with Crippen LogP contribution in [0.2, 0.25) is 10.0 Å². The van der Waals surface area contributed by atoms with Crippen LogP contribution in [0.15, 0.2) is 33.5 Å². The topological polar surface area (TPSA) is 133 Å². The van der Waals surface area contributed by atoms with Crippen LogP contribution in [0.4, 0.5) is 11.6 Å². The van der Waals surface area contributed by atoms with Gasteiger partial charge in [0.25, 0.3) is 0 Å². The molecule has 8 rings (SSSR count). The molecule has 14 heteroatoms. The van der Waals surface area contributed by atoms with E-state index in [0.717, 1.165) is 105 Å². The minimum Gasteiger partial charge on any atom is -0.369 e. The quantitative estimate of drug-likeness (QED) is 0.210. The van der Waals surface area contributed by atoms with Gasteiger partial charge in [-0.25, -0.2) is 9.97 Å². The van der Waals surface area contributed by atoms with Crippen molar-refractivity contribution in [1.82, 2.24) is 29.5 Å². The summed E-state index contributed by atoms with van der Waals surface area (Å²) in [6.07, 6.45) is 9.42. The molecule has 2 saturated carbocycles. The minimum absolute atomic E-state index is 0.000933. The molecule has 236 valence electrons. The summed E-state index contributed by atoms with van der Waals surface area (Å²) in [4.78, 5) is 8.92. The highest BCUT2D eigenvalue weighted by Gasteiger charge is 2.49. The number of rotatable bonds is 2. The molecule has 2 N–H and O–H groups in total. The Morgan fingerprint density at radius 3 is 1.87 bits per heavy atom. The first-order valence-corrected chi connectivity index (χ1v) is 17.5. The largest absolute Gasteiger partial charge is 0.369 e. The molecule has 46 heavy (non-hydrogen) atoms. The Morgan fingerprint density at radius 2 is 1.37 bits per heavy atom. The standard InChI is InChI=1S/2C16H15BrClN5/c1-9-4-10(6-19)22-23(9)11-2-3-16(5-11)8-21-15-13(16)14(18)12(17)7-20-15;1-9-4-11(6-19)23(22-9)10-2-3-16(5-10)8-21-15-13(16)14(18)12(17)7-20-15/h4,7,11H,2-3,5,8H2,1H3,(H,20,21);4,7,10H,2-3,5,8H2,1H3,(H,20,21)/t11-,16-;10-,16-/m00/s1. The van der Waals surface area contributed by atoms with E-state index in [4.69, 9.17) is 28.5 Å². The monoisotopic (exact) mass is 782 g/mol. The summed E-state index contributed by atoms with van der Waals surface area (Å²) in [5.74, 6) is 1.78. The molecule has 0 aromatic carbocycles. The van der Waals surface area contributed by atoms with Gasteiger partial charge in [0.15, 0.2) is 5.69 Å². The highest BCUT2D eigenvalue weighted by atomic mass is 79.9. The molecule has 2 fully saturated rings. The van der Waals surface area contributed by atoms with Gasteiger partial charge in [-0.2, -0.15) is 20.7 Å². The lowest BCUT2D eigenvalue weighted by molar-refractivity contribution is 0.412. The Hall–Kier alpha value is -3.16. The fraction of sp³-hybridized carbons (Fsp3) is 0.438. The van der Waals surface area contributed by atoms with E-state index in [1.165, 1.54) is 0 Å². The number of hydrogen-bond acceptors (Lipinski definition) is 8. The molecule has 4 aromatic rings. The van der Waals surface area contributed by atoms with Gasteiger partial charge in [-0.05, 0) is 96.4 Å². The number of nitrogens with one attached hydrogen (secondary N) is 2. The maximum Gasteiger partial charge on any atom is 0.162 e. The van der Waals surface area contributed by atoms with Crippen LogP contribution < -0.4 is 10.6 Å². The predicted octanol–water partition coefficient (Wildman–Crippen LogP) is 7.93. The smallest absolute Gasteiger partial charge is 0.162 e. The second kappa shape index (κ2) is 11.8. The average molecular weight is 785 g/mol. The van der Waals surface area contributed by atoms with E-state index in [2.05, 4.69) is 74.8 Å². The zero-order chi connectivity index (χ0) is 32.4. The van der Waals surface area contributed by atoms with Gasteiger partial charge >= 0.3 is 0 Å². The van der Waals surface area contributed by atoms with Crippen molar-refractivity contribution in [2.24, 2.45) is 0 Å². The molecule has 0 radical (unpaired) electrons. The highest BCUT2D eigenvalue weighted by Crippen LogP contribution is 2.55. The summed E-state index contributed by atoms with van der Waals surface area (Å²) in [5, 5.41) is 35.7. The molecule has 10 nitrogen and oxygen atoms in total. The van der Waals surface area contributed by atoms with E-state index in [-0.39, 0.29) is 16.9 Å². The third kappa shape index (κ3) is 5.09. The number of aromatic nitrogens is 6. The van der Waals surface area contributed by atoms with Crippen molar-refractivity contribution < 1.29 is 0 Å². The fourth-order valence-corrected chi connectivity index (χ4v) is 9.31. The molecule has 0 bridgehead atoms. The van der Waals surface area contributed by atoms with Crippen molar-refractivity contribution in [2.75, 3.05) is 23.7 Å². The van der Waals surface area contributed by atoms with Gasteiger partial charge in [0.1, 0.15) is 29.5 Å². The first-order chi connectivity index (χ1) is 22.1. The van der Waals surface area contributed by atoms with Crippen molar-refractivity contribution >= 4 is 66.7 Å². The molecule has 2 aliphatic carbocycles. The zero-order valence-electron chi connectivity index (χ0n) is 25.2. The van der Waals surface area contributed by atoms with Gasteiger partial charge < -0.3 is 10.6 Å². The number of pyridine rings is 2. The average Bonchev–Trinajstić information content (AvgIpc) is 3.89. The summed E-state index contributed by atoms with van der Waals surface area (Å²) >= 11 is 20.1. The van der Waals surface area contributed by atoms with Gasteiger partial charge in [-0.15, -0.1) is 0 Å². The lowest BCUT2D eigenvalue weighted by atomic mass is 9.81. The Labute approximate surface area is 293 Å². The molecular formula is C32H30Br2Cl2N10. The Kier molecular flexibility index (Phi) is 8.08. The Bertz CT molecular complexity index is 1960. The summed E-state index contributed by atoms with van der Waals surface area (Å²) < 4.78 is 5.56. The molecule has 4 aromatic heterocycles. The lowest BCUT2D eigenvalue weighted by Gasteiger charge is -2.24. The van der Waals surface area contributed by atoms with Crippen LogP contribution in [0.1, 0.15) is 84.5 Å². The molecule has 2 spiro atoms. The number of nitriles is 2. The SMILES string of the molecule is Cc1cc(C#N)n([C@H]2CC[C@@]3(CNc4ncc(Br)c(Cl)c43)C2)n1.Cc1cc(C#N)nn1[C@H]1CC[C@@]2(CNc3ncc(Br)c(Cl)c32)C1. The second-order valence-electron chi connectivity index (χ2n) is 12.8. The minimum atomic E-state index is -0.0273. The predicted molar refractivity (Wildman–Crippen MR) is 183 cm³/mol. The van der Waals surface area contributed by atoms with Crippen molar-refractivity contribution in [2.45, 2.75) is 75.3 Å². The number of hydrogen-bond donors (Lipinski definition) is 2. The third-order valence-corrected chi connectivity index (χ3v) is 12.5. The van der Waals surface area contributed by atoms with Gasteiger partial charge in [0.05, 0.1) is 36.8 Å². The number of aryl methyl sites for hydroxylation is 2. The maximum absolute atomic E-state index is 9.33. The lowest BCUT2D eigenvalue weighted by Crippen LogP contribution is -2.26. The number of nitrogens with zero attached hydrogens (tertiary/aromatic N) is 8. The van der Waals surface area contributed by atoms with Gasteiger partial charge in [-0.1, -0.05) is 23.2 Å². The number of fused-ring (bicyclic) bond motifs is 4. The molecule has 6 heterocycles. The summed E-state index contributed by atoms with van der Waals surface area (Å²) in [7, 11) is 0. The first-order valence-electron chi connectivity index (χ1n) is 15.2. The molecule has 4 aliphatic rings. The zero-order valence-corrected chi connectivity index (χ0v) is 29.9. The van der Waals surface area contributed by atoms with E-state index in [1.807, 2.05) is 35.3 Å². The Morgan fingerprint density at radius 1 is 0.826 bits per heavy atom. The van der Waals surface area contributed by atoms with Crippen LogP contribution in [-0.2, 0) is 10.8 Å². The molecule has 0 unspecified atom stereocenters. The second-order valence-corrected chi connectivity index (χ2v) is 15.3. The first kappa shape index (κ1) is 31.4. The molecule has 0 amide bonds. The molecule has 4 atom stereocenters. The van der Waals surface area contributed by atoms with E-state index >= 15 is 0 Å². The summed E-state index contributed by atoms with van der Waals surface area (Å²) in [6.45, 7) is 5.62. The number of halogens is 4. The maximum atomic E-state index is 9.33. The van der Waals surface area contributed by atoms with E-state index in [0.29, 0.717) is 17.4 Å². The van der Waals surface area contributed by atoms with Crippen molar-refractivity contribution in [3.05, 3.63) is 77.4 Å². The van der Waals surface area contributed by atoms with E-state index in [1.54, 1.807) is 12.4 Å². The van der Waals surface area contributed by atoms with Crippen LogP contribution in [0.5, 0.6) is 0 Å². The normalized spacial score (nSPS) is 25.4. The number of anilines is 2. The van der Waals surface area contributed by atoms with Crippen molar-refractivity contribution in [3.63, 3.8) is 0 Å². The van der Waals surface area contributed by atoms with Crippen molar-refractivity contribution in [1.29, 1.82) is 10.5 Å². The van der Waals surface area contributed by atoms with Gasteiger partial charge in [0, 0.05) is 53.1 Å². The highest BCUT2D eigenvalue weighted by molar-refractivity contribution is 9.10. The van der Waals surface area contributed by atoms with Crippen LogP contribution >= 0.6 is 55.1 Å². The van der Waals surface area contributed by atoms with Gasteiger partial charge in [0.2, 0.25) is 0 Å². The molecule has 2 aliphatic heterocycles. The van der Waals surface area contributed by atoms with Crippen LogP contribution in [0, 0.1) is 36.5 Å².